The van der Waals surface area contributed by atoms with Gasteiger partial charge in [0.15, 0.2) is 0 Å². The third-order valence-corrected chi connectivity index (χ3v) is 6.73. The number of hydrogen-bond acceptors (Lipinski definition) is 5. The minimum absolute atomic E-state index is 0.0399. The molecule has 0 bridgehead atoms. The highest BCUT2D eigenvalue weighted by atomic mass is 35.5. The van der Waals surface area contributed by atoms with Crippen molar-refractivity contribution in [2.75, 3.05) is 38.0 Å². The summed E-state index contributed by atoms with van der Waals surface area (Å²) < 4.78 is 2.11. The fraction of sp³-hybridized carbons (Fsp3) is 0.400. The molecule has 2 aliphatic rings. The van der Waals surface area contributed by atoms with E-state index in [9.17, 15) is 4.79 Å². The Bertz CT molecular complexity index is 1140. The van der Waals surface area contributed by atoms with E-state index in [1.165, 1.54) is 11.1 Å². The number of rotatable bonds is 5. The predicted octanol–water partition coefficient (Wildman–Crippen LogP) is 3.47. The summed E-state index contributed by atoms with van der Waals surface area (Å²) in [5, 5.41) is 12.3. The lowest BCUT2D eigenvalue weighted by Gasteiger charge is -2.22. The number of anilines is 1. The Balaban J connectivity index is 1.15. The van der Waals surface area contributed by atoms with E-state index in [0.717, 1.165) is 80.0 Å². The van der Waals surface area contributed by atoms with E-state index in [2.05, 4.69) is 54.1 Å². The van der Waals surface area contributed by atoms with Crippen LogP contribution in [0.15, 0.2) is 42.5 Å². The van der Waals surface area contributed by atoms with Gasteiger partial charge in [-0.05, 0) is 74.3 Å². The molecule has 0 aliphatic carbocycles. The van der Waals surface area contributed by atoms with Crippen LogP contribution in [0.4, 0.5) is 5.69 Å². The zero-order valence-corrected chi connectivity index (χ0v) is 19.7. The lowest BCUT2D eigenvalue weighted by molar-refractivity contribution is -0.117. The maximum absolute atomic E-state index is 12.8. The van der Waals surface area contributed by atoms with Crippen LogP contribution in [0.1, 0.15) is 29.2 Å². The fourth-order valence-electron chi connectivity index (χ4n) is 4.80. The van der Waals surface area contributed by atoms with Crippen molar-refractivity contribution in [2.24, 2.45) is 0 Å². The molecule has 8 heteroatoms. The molecular formula is C25H29ClN6O. The number of fused-ring (bicyclic) bond motifs is 3. The second-order valence-electron chi connectivity index (χ2n) is 8.92. The van der Waals surface area contributed by atoms with Crippen molar-refractivity contribution in [1.29, 1.82) is 0 Å². The van der Waals surface area contributed by atoms with Crippen LogP contribution in [0, 0.1) is 6.92 Å². The highest BCUT2D eigenvalue weighted by molar-refractivity contribution is 6.30. The van der Waals surface area contributed by atoms with Gasteiger partial charge in [0.1, 0.15) is 11.6 Å². The zero-order chi connectivity index (χ0) is 22.8. The molecule has 1 saturated heterocycles. The molecule has 0 spiro atoms. The van der Waals surface area contributed by atoms with Crippen LogP contribution in [0.3, 0.4) is 0 Å². The minimum Gasteiger partial charge on any atom is -0.325 e. The quantitative estimate of drug-likeness (QED) is 0.626. The molecule has 5 rings (SSSR count). The van der Waals surface area contributed by atoms with Gasteiger partial charge in [-0.15, -0.1) is 10.2 Å². The molecule has 2 aromatic carbocycles. The van der Waals surface area contributed by atoms with Crippen molar-refractivity contribution in [3.63, 3.8) is 0 Å². The first kappa shape index (κ1) is 22.1. The van der Waals surface area contributed by atoms with E-state index in [4.69, 9.17) is 11.6 Å². The van der Waals surface area contributed by atoms with E-state index >= 15 is 0 Å². The van der Waals surface area contributed by atoms with E-state index < -0.39 is 0 Å². The number of aromatic nitrogens is 3. The molecule has 172 valence electrons. The van der Waals surface area contributed by atoms with Crippen molar-refractivity contribution in [1.82, 2.24) is 24.6 Å². The predicted molar refractivity (Wildman–Crippen MR) is 130 cm³/mol. The molecule has 3 aromatic rings. The molecule has 0 atom stereocenters. The Morgan fingerprint density at radius 3 is 2.64 bits per heavy atom. The van der Waals surface area contributed by atoms with Crippen LogP contribution < -0.4 is 5.32 Å². The van der Waals surface area contributed by atoms with Crippen LogP contribution in [-0.2, 0) is 24.2 Å². The molecule has 3 heterocycles. The lowest BCUT2D eigenvalue weighted by Crippen LogP contribution is -2.36. The molecule has 7 nitrogen and oxygen atoms in total. The Hall–Kier alpha value is -2.74. The minimum atomic E-state index is 0.0399. The highest BCUT2D eigenvalue weighted by Crippen LogP contribution is 2.27. The number of halogens is 1. The molecule has 33 heavy (non-hydrogen) atoms. The molecule has 2 aliphatic heterocycles. The number of nitrogens with one attached hydrogen (secondary N) is 1. The molecule has 0 radical (unpaired) electrons. The third-order valence-electron chi connectivity index (χ3n) is 6.48. The molecule has 1 aromatic heterocycles. The van der Waals surface area contributed by atoms with Crippen molar-refractivity contribution < 1.29 is 4.79 Å². The van der Waals surface area contributed by atoms with Crippen molar-refractivity contribution in [3.8, 4) is 5.69 Å². The third kappa shape index (κ3) is 5.11. The monoisotopic (exact) mass is 464 g/mol. The summed E-state index contributed by atoms with van der Waals surface area (Å²) in [4.78, 5) is 17.5. The van der Waals surface area contributed by atoms with E-state index in [1.54, 1.807) is 0 Å². The zero-order valence-electron chi connectivity index (χ0n) is 18.9. The number of carbonyl (C=O) groups excluding carboxylic acids is 1. The average molecular weight is 465 g/mol. The number of hydrogen-bond donors (Lipinski definition) is 1. The van der Waals surface area contributed by atoms with Gasteiger partial charge >= 0.3 is 0 Å². The maximum Gasteiger partial charge on any atom is 0.238 e. The molecule has 1 N–H and O–H groups in total. The fourth-order valence-corrected chi connectivity index (χ4v) is 4.93. The SMILES string of the molecule is Cc1nnc2n1-c1ccc(NC(=O)CN3CCCN(Cc4ccc(Cl)cc4)CC3)cc1CC2. The van der Waals surface area contributed by atoms with Gasteiger partial charge in [-0.3, -0.25) is 19.2 Å². The van der Waals surface area contributed by atoms with Crippen LogP contribution in [-0.4, -0.2) is 63.2 Å². The van der Waals surface area contributed by atoms with E-state index in [-0.39, 0.29) is 5.91 Å². The van der Waals surface area contributed by atoms with Gasteiger partial charge in [-0.25, -0.2) is 0 Å². The maximum atomic E-state index is 12.8. The smallest absolute Gasteiger partial charge is 0.238 e. The summed E-state index contributed by atoms with van der Waals surface area (Å²) in [5.74, 6) is 1.94. The largest absolute Gasteiger partial charge is 0.325 e. The van der Waals surface area contributed by atoms with Gasteiger partial charge in [0.05, 0.1) is 12.2 Å². The van der Waals surface area contributed by atoms with Gasteiger partial charge in [0, 0.05) is 36.8 Å². The molecule has 0 unspecified atom stereocenters. The van der Waals surface area contributed by atoms with Crippen molar-refractivity contribution in [2.45, 2.75) is 32.7 Å². The summed E-state index contributed by atoms with van der Waals surface area (Å²) in [6, 6.07) is 14.2. The first-order chi connectivity index (χ1) is 16.0. The second-order valence-corrected chi connectivity index (χ2v) is 9.36. The Morgan fingerprint density at radius 2 is 1.79 bits per heavy atom. The Morgan fingerprint density at radius 1 is 1.00 bits per heavy atom. The van der Waals surface area contributed by atoms with Crippen LogP contribution in [0.5, 0.6) is 0 Å². The van der Waals surface area contributed by atoms with Crippen molar-refractivity contribution in [3.05, 3.63) is 70.3 Å². The Kier molecular flexibility index (Phi) is 6.44. The number of nitrogens with zero attached hydrogens (tertiary/aromatic N) is 5. The molecule has 1 fully saturated rings. The summed E-state index contributed by atoms with van der Waals surface area (Å²) in [6.45, 7) is 7.12. The average Bonchev–Trinajstić information content (AvgIpc) is 3.05. The number of amides is 1. The standard InChI is InChI=1S/C25H29ClN6O/c1-18-28-29-24-10-5-20-15-22(8-9-23(20)32(18)24)27-25(33)17-31-12-2-11-30(13-14-31)16-19-3-6-21(26)7-4-19/h3-4,6-9,15H,2,5,10-14,16-17H2,1H3,(H,27,33). The summed E-state index contributed by atoms with van der Waals surface area (Å²) in [7, 11) is 0. The topological polar surface area (TPSA) is 66.3 Å². The highest BCUT2D eigenvalue weighted by Gasteiger charge is 2.21. The number of aryl methyl sites for hydroxylation is 3. The van der Waals surface area contributed by atoms with E-state index in [0.29, 0.717) is 6.54 Å². The summed E-state index contributed by atoms with van der Waals surface area (Å²) in [6.07, 6.45) is 2.83. The first-order valence-corrected chi connectivity index (χ1v) is 12.0. The van der Waals surface area contributed by atoms with Crippen LogP contribution in [0.2, 0.25) is 5.02 Å². The number of carbonyl (C=O) groups is 1. The number of benzene rings is 2. The van der Waals surface area contributed by atoms with Crippen LogP contribution >= 0.6 is 11.6 Å². The van der Waals surface area contributed by atoms with Gasteiger partial charge in [-0.1, -0.05) is 23.7 Å². The first-order valence-electron chi connectivity index (χ1n) is 11.6. The van der Waals surface area contributed by atoms with Crippen molar-refractivity contribution >= 4 is 23.2 Å². The molecule has 0 saturated carbocycles. The van der Waals surface area contributed by atoms with E-state index in [1.807, 2.05) is 25.1 Å². The molecular weight excluding hydrogens is 436 g/mol. The van der Waals surface area contributed by atoms with Gasteiger partial charge in [0.2, 0.25) is 5.91 Å². The normalized spacial score (nSPS) is 16.7. The second kappa shape index (κ2) is 9.63. The van der Waals surface area contributed by atoms with Crippen LogP contribution in [0.25, 0.3) is 5.69 Å². The Labute approximate surface area is 199 Å². The molecule has 1 amide bonds. The van der Waals surface area contributed by atoms with Gasteiger partial charge in [-0.2, -0.15) is 0 Å². The van der Waals surface area contributed by atoms with Gasteiger partial charge < -0.3 is 5.32 Å². The van der Waals surface area contributed by atoms with Gasteiger partial charge in [0.25, 0.3) is 0 Å². The lowest BCUT2D eigenvalue weighted by atomic mass is 10.0. The summed E-state index contributed by atoms with van der Waals surface area (Å²) in [5.41, 5.74) is 4.46. The summed E-state index contributed by atoms with van der Waals surface area (Å²) >= 11 is 6.00.